The number of ether oxygens (including phenoxy) is 3. The molecule has 2 heterocycles. The molecule has 5 rings (SSSR count). The van der Waals surface area contributed by atoms with Gasteiger partial charge in [-0.15, -0.1) is 0 Å². The number of aromatic nitrogens is 2. The monoisotopic (exact) mass is 508 g/mol. The van der Waals surface area contributed by atoms with Gasteiger partial charge in [-0.2, -0.15) is 0 Å². The van der Waals surface area contributed by atoms with E-state index >= 15 is 0 Å². The molecular weight excluding hydrogens is 484 g/mol. The van der Waals surface area contributed by atoms with Gasteiger partial charge in [0, 0.05) is 16.3 Å². The van der Waals surface area contributed by atoms with E-state index in [4.69, 9.17) is 24.5 Å². The van der Waals surface area contributed by atoms with Gasteiger partial charge in [-0.3, -0.25) is 4.79 Å². The largest absolute Gasteiger partial charge is 0.485 e. The van der Waals surface area contributed by atoms with Crippen LogP contribution < -0.4 is 9.47 Å². The van der Waals surface area contributed by atoms with Gasteiger partial charge in [0.2, 0.25) is 0 Å². The molecule has 3 aromatic carbocycles. The molecule has 0 saturated carbocycles. The number of nitrogens with zero attached hydrogens (tertiary/aromatic N) is 2. The highest BCUT2D eigenvalue weighted by Crippen LogP contribution is 2.32. The van der Waals surface area contributed by atoms with Crippen molar-refractivity contribution in [3.8, 4) is 34.1 Å². The Balaban J connectivity index is 1.49. The lowest BCUT2D eigenvalue weighted by atomic mass is 10.0. The number of hydrogen-bond acceptors (Lipinski definition) is 8. The Hall–Kier alpha value is -4.82. The van der Waals surface area contributed by atoms with Crippen LogP contribution in [0.1, 0.15) is 0 Å². The zero-order valence-corrected chi connectivity index (χ0v) is 20.6. The second-order valence-corrected chi connectivity index (χ2v) is 8.47. The van der Waals surface area contributed by atoms with Crippen LogP contribution in [0.25, 0.3) is 44.3 Å². The second-order valence-electron chi connectivity index (χ2n) is 8.47. The van der Waals surface area contributed by atoms with Gasteiger partial charge >= 0.3 is 5.97 Å². The molecular formula is C30H24N2O6. The standard InChI is InChI=1S/C30H24N2O6/c1-36-29(35)18-38-28-10-3-6-20-13-14-26(32-30(20)28)25-8-4-7-24(31-25)21-12-11-19-5-2-9-27(23(19)15-21)37-17-22(34)16-33/h2-15,33H,16-18H2,1H3. The van der Waals surface area contributed by atoms with Crippen LogP contribution in [0.4, 0.5) is 0 Å². The molecule has 0 unspecified atom stereocenters. The van der Waals surface area contributed by atoms with Gasteiger partial charge in [-0.1, -0.05) is 48.5 Å². The van der Waals surface area contributed by atoms with Crippen LogP contribution in [0.15, 0.2) is 84.9 Å². The van der Waals surface area contributed by atoms with Gasteiger partial charge in [0.05, 0.1) is 24.2 Å². The summed E-state index contributed by atoms with van der Waals surface area (Å²) in [5, 5.41) is 11.7. The van der Waals surface area contributed by atoms with E-state index in [1.54, 1.807) is 12.1 Å². The van der Waals surface area contributed by atoms with Crippen LogP contribution in [0, 0.1) is 0 Å². The van der Waals surface area contributed by atoms with Crippen LogP contribution in [0.5, 0.6) is 11.5 Å². The summed E-state index contributed by atoms with van der Waals surface area (Å²) in [6.45, 7) is -0.974. The number of carbonyl (C=O) groups is 2. The van der Waals surface area contributed by atoms with E-state index in [0.29, 0.717) is 28.4 Å². The summed E-state index contributed by atoms with van der Waals surface area (Å²) in [6, 6.07) is 26.6. The highest BCUT2D eigenvalue weighted by molar-refractivity contribution is 5.92. The Bertz CT molecular complexity index is 1530. The van der Waals surface area contributed by atoms with E-state index in [-0.39, 0.29) is 13.2 Å². The number of para-hydroxylation sites is 1. The normalized spacial score (nSPS) is 10.9. The number of rotatable bonds is 9. The average Bonchev–Trinajstić information content (AvgIpc) is 2.98. The fourth-order valence-electron chi connectivity index (χ4n) is 4.05. The van der Waals surface area contributed by atoms with Crippen LogP contribution >= 0.6 is 0 Å². The van der Waals surface area contributed by atoms with Crippen molar-refractivity contribution in [2.75, 3.05) is 26.9 Å². The summed E-state index contributed by atoms with van der Waals surface area (Å²) in [5.74, 6) is 0.163. The highest BCUT2D eigenvalue weighted by Gasteiger charge is 2.12. The minimum Gasteiger partial charge on any atom is -0.485 e. The van der Waals surface area contributed by atoms with E-state index in [1.165, 1.54) is 7.11 Å². The Kier molecular flexibility index (Phi) is 7.24. The molecule has 1 N–H and O–H groups in total. The van der Waals surface area contributed by atoms with Crippen molar-refractivity contribution in [3.63, 3.8) is 0 Å². The van der Waals surface area contributed by atoms with E-state index in [2.05, 4.69) is 4.74 Å². The summed E-state index contributed by atoms with van der Waals surface area (Å²) >= 11 is 0. The third-order valence-corrected chi connectivity index (χ3v) is 5.97. The Labute approximate surface area is 218 Å². The molecule has 190 valence electrons. The van der Waals surface area contributed by atoms with Gasteiger partial charge < -0.3 is 19.3 Å². The lowest BCUT2D eigenvalue weighted by Gasteiger charge is -2.11. The molecule has 0 saturated heterocycles. The predicted molar refractivity (Wildman–Crippen MR) is 143 cm³/mol. The van der Waals surface area contributed by atoms with Crippen molar-refractivity contribution >= 4 is 33.4 Å². The SMILES string of the molecule is COC(=O)COc1cccc2ccc(-c3cccc(-c4ccc5cccc(OCC(=O)CO)c5c4)n3)nc12. The first-order chi connectivity index (χ1) is 18.6. The Morgan fingerprint density at radius 3 is 2.24 bits per heavy atom. The lowest BCUT2D eigenvalue weighted by molar-refractivity contribution is -0.142. The number of fused-ring (bicyclic) bond motifs is 2. The number of benzene rings is 3. The number of Topliss-reactive ketones (excluding diaryl/α,β-unsaturated/α-hetero) is 1. The number of ketones is 1. The third kappa shape index (κ3) is 5.30. The summed E-state index contributed by atoms with van der Waals surface area (Å²) in [7, 11) is 1.31. The number of aliphatic hydroxyl groups is 1. The quantitative estimate of drug-likeness (QED) is 0.288. The van der Waals surface area contributed by atoms with Crippen LogP contribution in [-0.4, -0.2) is 53.8 Å². The molecule has 0 aliphatic carbocycles. The second kappa shape index (κ2) is 11.1. The van der Waals surface area contributed by atoms with Gasteiger partial charge in [0.15, 0.2) is 12.4 Å². The average molecular weight is 509 g/mol. The Morgan fingerprint density at radius 2 is 1.42 bits per heavy atom. The van der Waals surface area contributed by atoms with Crippen LogP contribution in [-0.2, 0) is 14.3 Å². The number of hydrogen-bond donors (Lipinski definition) is 1. The van der Waals surface area contributed by atoms with Crippen molar-refractivity contribution in [1.29, 1.82) is 0 Å². The molecule has 8 heteroatoms. The molecule has 0 amide bonds. The molecule has 0 radical (unpaired) electrons. The fourth-order valence-corrected chi connectivity index (χ4v) is 4.05. The predicted octanol–water partition coefficient (Wildman–Crippen LogP) is 4.61. The topological polar surface area (TPSA) is 108 Å². The first-order valence-electron chi connectivity index (χ1n) is 11.9. The summed E-state index contributed by atoms with van der Waals surface area (Å²) in [6.07, 6.45) is 0. The number of aliphatic hydroxyl groups excluding tert-OH is 1. The Morgan fingerprint density at radius 1 is 0.737 bits per heavy atom. The number of methoxy groups -OCH3 is 1. The van der Waals surface area contributed by atoms with Crippen molar-refractivity contribution in [3.05, 3.63) is 84.9 Å². The number of esters is 1. The van der Waals surface area contributed by atoms with Gasteiger partial charge in [-0.25, -0.2) is 14.8 Å². The molecule has 0 atom stereocenters. The maximum atomic E-state index is 11.6. The van der Waals surface area contributed by atoms with Gasteiger partial charge in [-0.05, 0) is 41.8 Å². The highest BCUT2D eigenvalue weighted by atomic mass is 16.6. The van der Waals surface area contributed by atoms with E-state index < -0.39 is 18.4 Å². The smallest absolute Gasteiger partial charge is 0.343 e. The van der Waals surface area contributed by atoms with E-state index in [1.807, 2.05) is 72.8 Å². The number of carbonyl (C=O) groups excluding carboxylic acids is 2. The molecule has 2 aromatic heterocycles. The molecule has 0 aliphatic heterocycles. The van der Waals surface area contributed by atoms with Gasteiger partial charge in [0.25, 0.3) is 0 Å². The maximum Gasteiger partial charge on any atom is 0.343 e. The van der Waals surface area contributed by atoms with Gasteiger partial charge in [0.1, 0.15) is 30.2 Å². The first-order valence-corrected chi connectivity index (χ1v) is 11.9. The molecule has 0 fully saturated rings. The minimum absolute atomic E-state index is 0.202. The summed E-state index contributed by atoms with van der Waals surface area (Å²) < 4.78 is 16.0. The fraction of sp³-hybridized carbons (Fsp3) is 0.133. The van der Waals surface area contributed by atoms with E-state index in [0.717, 1.165) is 27.4 Å². The first kappa shape index (κ1) is 24.9. The zero-order chi connectivity index (χ0) is 26.5. The van der Waals surface area contributed by atoms with Crippen molar-refractivity contribution in [2.24, 2.45) is 0 Å². The number of pyridine rings is 2. The van der Waals surface area contributed by atoms with Crippen molar-refractivity contribution < 1.29 is 28.9 Å². The van der Waals surface area contributed by atoms with Crippen LogP contribution in [0.3, 0.4) is 0 Å². The summed E-state index contributed by atoms with van der Waals surface area (Å²) in [5.41, 5.74) is 3.55. The lowest BCUT2D eigenvalue weighted by Crippen LogP contribution is -2.14. The molecule has 8 nitrogen and oxygen atoms in total. The minimum atomic E-state index is -0.561. The zero-order valence-electron chi connectivity index (χ0n) is 20.6. The van der Waals surface area contributed by atoms with Crippen molar-refractivity contribution in [2.45, 2.75) is 0 Å². The van der Waals surface area contributed by atoms with E-state index in [9.17, 15) is 9.59 Å². The van der Waals surface area contributed by atoms with Crippen molar-refractivity contribution in [1.82, 2.24) is 9.97 Å². The molecule has 38 heavy (non-hydrogen) atoms. The van der Waals surface area contributed by atoms with Crippen LogP contribution in [0.2, 0.25) is 0 Å². The molecule has 0 bridgehead atoms. The molecule has 0 spiro atoms. The molecule has 5 aromatic rings. The third-order valence-electron chi connectivity index (χ3n) is 5.97. The summed E-state index contributed by atoms with van der Waals surface area (Å²) in [4.78, 5) is 32.7. The molecule has 0 aliphatic rings. The maximum absolute atomic E-state index is 11.6.